The van der Waals surface area contributed by atoms with Crippen LogP contribution >= 0.6 is 15.9 Å². The van der Waals surface area contributed by atoms with Gasteiger partial charge in [-0.2, -0.15) is 0 Å². The molecule has 0 aliphatic heterocycles. The van der Waals surface area contributed by atoms with Gasteiger partial charge in [0.05, 0.1) is 4.47 Å². The van der Waals surface area contributed by atoms with E-state index in [-0.39, 0.29) is 25.2 Å². The number of benzene rings is 2. The monoisotopic (exact) mass is 381 g/mol. The summed E-state index contributed by atoms with van der Waals surface area (Å²) in [5, 5.41) is 8.68. The summed E-state index contributed by atoms with van der Waals surface area (Å²) < 4.78 is 20.2. The zero-order valence-electron chi connectivity index (χ0n) is 12.3. The molecule has 122 valence electrons. The van der Waals surface area contributed by atoms with Crippen molar-refractivity contribution < 1.29 is 19.0 Å². The molecular formula is C17H17BrFNO3. The average Bonchev–Trinajstić information content (AvgIpc) is 2.52. The van der Waals surface area contributed by atoms with Gasteiger partial charge in [-0.25, -0.2) is 4.39 Å². The number of carboxylic acid groups (broad SMARTS) is 1. The molecule has 1 atom stereocenters. The second kappa shape index (κ2) is 8.08. The summed E-state index contributed by atoms with van der Waals surface area (Å²) in [5.41, 5.74) is 7.37. The predicted molar refractivity (Wildman–Crippen MR) is 88.7 cm³/mol. The van der Waals surface area contributed by atoms with Gasteiger partial charge in [0.2, 0.25) is 0 Å². The molecule has 4 nitrogen and oxygen atoms in total. The molecular weight excluding hydrogens is 365 g/mol. The highest BCUT2D eigenvalue weighted by Gasteiger charge is 2.15. The summed E-state index contributed by atoms with van der Waals surface area (Å²) >= 11 is 3.28. The van der Waals surface area contributed by atoms with E-state index < -0.39 is 17.8 Å². The van der Waals surface area contributed by atoms with Gasteiger partial charge in [-0.1, -0.05) is 30.3 Å². The van der Waals surface area contributed by atoms with Crippen molar-refractivity contribution in [3.63, 3.8) is 0 Å². The molecule has 0 radical (unpaired) electrons. The first kappa shape index (κ1) is 17.4. The molecule has 2 aromatic rings. The molecule has 1 unspecified atom stereocenters. The SMILES string of the molecule is NC(CCC(=O)O)c1cc(F)c(OCc2ccccc2)c(Br)c1. The van der Waals surface area contributed by atoms with Crippen LogP contribution in [0.3, 0.4) is 0 Å². The Hall–Kier alpha value is -1.92. The number of carbonyl (C=O) groups is 1. The summed E-state index contributed by atoms with van der Waals surface area (Å²) in [6.45, 7) is 0.251. The molecule has 3 N–H and O–H groups in total. The van der Waals surface area contributed by atoms with E-state index in [2.05, 4.69) is 15.9 Å². The third-order valence-corrected chi connectivity index (χ3v) is 3.93. The highest BCUT2D eigenvalue weighted by atomic mass is 79.9. The van der Waals surface area contributed by atoms with Gasteiger partial charge in [0, 0.05) is 12.5 Å². The van der Waals surface area contributed by atoms with Crippen LogP contribution in [0, 0.1) is 5.82 Å². The van der Waals surface area contributed by atoms with Crippen LogP contribution in [0.2, 0.25) is 0 Å². The van der Waals surface area contributed by atoms with Gasteiger partial charge in [-0.3, -0.25) is 4.79 Å². The van der Waals surface area contributed by atoms with E-state index in [4.69, 9.17) is 15.6 Å². The maximum absolute atomic E-state index is 14.2. The summed E-state index contributed by atoms with van der Waals surface area (Å²) in [6, 6.07) is 11.9. The highest BCUT2D eigenvalue weighted by molar-refractivity contribution is 9.10. The number of nitrogens with two attached hydrogens (primary N) is 1. The Bertz CT molecular complexity index is 656. The van der Waals surface area contributed by atoms with E-state index in [9.17, 15) is 9.18 Å². The normalized spacial score (nSPS) is 12.0. The standard InChI is InChI=1S/C17H17BrFNO3/c18-13-8-12(15(20)6-7-16(21)22)9-14(19)17(13)23-10-11-4-2-1-3-5-11/h1-5,8-9,15H,6-7,10,20H2,(H,21,22). The van der Waals surface area contributed by atoms with Gasteiger partial charge in [0.1, 0.15) is 6.61 Å². The van der Waals surface area contributed by atoms with E-state index in [0.29, 0.717) is 10.0 Å². The largest absolute Gasteiger partial charge is 0.485 e. The average molecular weight is 382 g/mol. The Balaban J connectivity index is 2.09. The van der Waals surface area contributed by atoms with E-state index in [1.807, 2.05) is 30.3 Å². The molecule has 2 aromatic carbocycles. The second-order valence-corrected chi connectivity index (χ2v) is 5.98. The minimum absolute atomic E-state index is 0.0628. The first-order valence-corrected chi connectivity index (χ1v) is 7.89. The minimum atomic E-state index is -0.928. The zero-order valence-corrected chi connectivity index (χ0v) is 13.9. The Labute approximate surface area is 142 Å². The molecule has 0 aliphatic rings. The van der Waals surface area contributed by atoms with Crippen molar-refractivity contribution in [1.29, 1.82) is 0 Å². The van der Waals surface area contributed by atoms with E-state index in [1.54, 1.807) is 6.07 Å². The van der Waals surface area contributed by atoms with Crippen LogP contribution in [0.15, 0.2) is 46.9 Å². The van der Waals surface area contributed by atoms with Crippen molar-refractivity contribution in [1.82, 2.24) is 0 Å². The van der Waals surface area contributed by atoms with Gasteiger partial charge in [-0.15, -0.1) is 0 Å². The third-order valence-electron chi connectivity index (χ3n) is 3.34. The number of halogens is 2. The van der Waals surface area contributed by atoms with Crippen molar-refractivity contribution in [2.24, 2.45) is 5.73 Å². The van der Waals surface area contributed by atoms with Crippen LogP contribution in [0.5, 0.6) is 5.75 Å². The minimum Gasteiger partial charge on any atom is -0.485 e. The van der Waals surface area contributed by atoms with Crippen LogP contribution in [0.1, 0.15) is 30.0 Å². The number of hydrogen-bond donors (Lipinski definition) is 2. The smallest absolute Gasteiger partial charge is 0.303 e. The lowest BCUT2D eigenvalue weighted by atomic mass is 10.0. The Morgan fingerprint density at radius 2 is 2.00 bits per heavy atom. The van der Waals surface area contributed by atoms with Crippen LogP contribution in [0.25, 0.3) is 0 Å². The summed E-state index contributed by atoms with van der Waals surface area (Å²) in [4.78, 5) is 10.6. The first-order chi connectivity index (χ1) is 11.0. The quantitative estimate of drug-likeness (QED) is 0.759. The molecule has 0 saturated carbocycles. The maximum Gasteiger partial charge on any atom is 0.303 e. The zero-order chi connectivity index (χ0) is 16.8. The van der Waals surface area contributed by atoms with Crippen LogP contribution in [-0.4, -0.2) is 11.1 Å². The molecule has 0 amide bonds. The van der Waals surface area contributed by atoms with Crippen molar-refractivity contribution in [2.45, 2.75) is 25.5 Å². The highest BCUT2D eigenvalue weighted by Crippen LogP contribution is 2.32. The second-order valence-electron chi connectivity index (χ2n) is 5.13. The van der Waals surface area contributed by atoms with E-state index in [1.165, 1.54) is 6.07 Å². The third kappa shape index (κ3) is 5.04. The topological polar surface area (TPSA) is 72.6 Å². The van der Waals surface area contributed by atoms with Crippen LogP contribution in [0.4, 0.5) is 4.39 Å². The van der Waals surface area contributed by atoms with Gasteiger partial charge in [0.25, 0.3) is 0 Å². The molecule has 0 aromatic heterocycles. The van der Waals surface area contributed by atoms with Gasteiger partial charge in [-0.05, 0) is 45.6 Å². The fourth-order valence-electron chi connectivity index (χ4n) is 2.11. The molecule has 0 heterocycles. The van der Waals surface area contributed by atoms with Crippen molar-refractivity contribution in [3.05, 3.63) is 63.9 Å². The Morgan fingerprint density at radius 1 is 1.30 bits per heavy atom. The van der Waals surface area contributed by atoms with Crippen molar-refractivity contribution in [3.8, 4) is 5.75 Å². The lowest BCUT2D eigenvalue weighted by Gasteiger charge is -2.15. The molecule has 0 aliphatic carbocycles. The summed E-state index contributed by atoms with van der Waals surface area (Å²) in [6.07, 6.45) is 0.179. The number of ether oxygens (including phenoxy) is 1. The molecule has 23 heavy (non-hydrogen) atoms. The summed E-state index contributed by atoms with van der Waals surface area (Å²) in [5.74, 6) is -1.35. The lowest BCUT2D eigenvalue weighted by molar-refractivity contribution is -0.137. The number of hydrogen-bond acceptors (Lipinski definition) is 3. The maximum atomic E-state index is 14.2. The lowest BCUT2D eigenvalue weighted by Crippen LogP contribution is -2.13. The number of rotatable bonds is 7. The Kier molecular flexibility index (Phi) is 6.12. The van der Waals surface area contributed by atoms with E-state index >= 15 is 0 Å². The van der Waals surface area contributed by atoms with Crippen molar-refractivity contribution in [2.75, 3.05) is 0 Å². The molecule has 6 heteroatoms. The van der Waals surface area contributed by atoms with Crippen LogP contribution in [-0.2, 0) is 11.4 Å². The van der Waals surface area contributed by atoms with Gasteiger partial charge in [0.15, 0.2) is 11.6 Å². The predicted octanol–water partition coefficient (Wildman–Crippen LogP) is 4.03. The first-order valence-electron chi connectivity index (χ1n) is 7.10. The summed E-state index contributed by atoms with van der Waals surface area (Å²) in [7, 11) is 0. The van der Waals surface area contributed by atoms with Crippen LogP contribution < -0.4 is 10.5 Å². The molecule has 0 fully saturated rings. The van der Waals surface area contributed by atoms with Gasteiger partial charge >= 0.3 is 5.97 Å². The Morgan fingerprint density at radius 3 is 2.61 bits per heavy atom. The fourth-order valence-corrected chi connectivity index (χ4v) is 2.68. The number of aliphatic carboxylic acids is 1. The number of carboxylic acids is 1. The molecule has 0 saturated heterocycles. The van der Waals surface area contributed by atoms with E-state index in [0.717, 1.165) is 5.56 Å². The molecule has 0 spiro atoms. The van der Waals surface area contributed by atoms with Crippen molar-refractivity contribution >= 4 is 21.9 Å². The van der Waals surface area contributed by atoms with Gasteiger partial charge < -0.3 is 15.6 Å². The fraction of sp³-hybridized carbons (Fsp3) is 0.235. The molecule has 2 rings (SSSR count). The molecule has 0 bridgehead atoms.